The van der Waals surface area contributed by atoms with E-state index in [-0.39, 0.29) is 0 Å². The highest BCUT2D eigenvalue weighted by molar-refractivity contribution is 5.59. The highest BCUT2D eigenvalue weighted by atomic mass is 14.9. The second-order valence-electron chi connectivity index (χ2n) is 5.34. The van der Waals surface area contributed by atoms with E-state index < -0.39 is 0 Å². The first-order chi connectivity index (χ1) is 8.27. The number of anilines is 1. The van der Waals surface area contributed by atoms with Gasteiger partial charge in [0.05, 0.1) is 0 Å². The van der Waals surface area contributed by atoms with Crippen LogP contribution < -0.4 is 10.6 Å². The third-order valence-corrected chi connectivity index (χ3v) is 3.38. The second-order valence-corrected chi connectivity index (χ2v) is 5.34. The van der Waals surface area contributed by atoms with Gasteiger partial charge in [-0.1, -0.05) is 32.0 Å². The van der Waals surface area contributed by atoms with Crippen LogP contribution >= 0.6 is 0 Å². The molecule has 0 radical (unpaired) electrons. The van der Waals surface area contributed by atoms with Crippen molar-refractivity contribution in [1.82, 2.24) is 5.32 Å². The van der Waals surface area contributed by atoms with Crippen LogP contribution in [-0.4, -0.2) is 13.1 Å². The Labute approximate surface area is 105 Å². The van der Waals surface area contributed by atoms with Gasteiger partial charge in [0.25, 0.3) is 0 Å². The second kappa shape index (κ2) is 6.06. The van der Waals surface area contributed by atoms with E-state index in [0.29, 0.717) is 0 Å². The Kier molecular flexibility index (Phi) is 4.43. The first kappa shape index (κ1) is 12.4. The largest absolute Gasteiger partial charge is 0.385 e. The molecular formula is C15H24N2. The third-order valence-electron chi connectivity index (χ3n) is 3.38. The maximum absolute atomic E-state index is 3.54. The van der Waals surface area contributed by atoms with Crippen LogP contribution in [-0.2, 0) is 13.0 Å². The zero-order valence-electron chi connectivity index (χ0n) is 11.1. The van der Waals surface area contributed by atoms with E-state index in [4.69, 9.17) is 0 Å². The fourth-order valence-corrected chi connectivity index (χ4v) is 2.34. The molecule has 1 aliphatic rings. The van der Waals surface area contributed by atoms with Gasteiger partial charge >= 0.3 is 0 Å². The van der Waals surface area contributed by atoms with Crippen molar-refractivity contribution >= 4 is 5.69 Å². The van der Waals surface area contributed by atoms with E-state index in [1.165, 1.54) is 36.1 Å². The summed E-state index contributed by atoms with van der Waals surface area (Å²) in [6.07, 6.45) is 3.74. The van der Waals surface area contributed by atoms with Gasteiger partial charge in [-0.2, -0.15) is 0 Å². The molecule has 1 aromatic carbocycles. The SMILES string of the molecule is CC(C)CCNCc1cccc2c1NCCC2. The summed E-state index contributed by atoms with van der Waals surface area (Å²) < 4.78 is 0. The van der Waals surface area contributed by atoms with Crippen molar-refractivity contribution in [2.75, 3.05) is 18.4 Å². The molecule has 17 heavy (non-hydrogen) atoms. The van der Waals surface area contributed by atoms with Gasteiger partial charge in [-0.05, 0) is 42.9 Å². The van der Waals surface area contributed by atoms with Crippen molar-refractivity contribution in [2.45, 2.75) is 39.7 Å². The fraction of sp³-hybridized carbons (Fsp3) is 0.600. The Morgan fingerprint density at radius 2 is 2.24 bits per heavy atom. The van der Waals surface area contributed by atoms with Gasteiger partial charge < -0.3 is 10.6 Å². The summed E-state index contributed by atoms with van der Waals surface area (Å²) in [6.45, 7) is 7.77. The smallest absolute Gasteiger partial charge is 0.0418 e. The molecule has 0 atom stereocenters. The number of fused-ring (bicyclic) bond motifs is 1. The van der Waals surface area contributed by atoms with E-state index in [9.17, 15) is 0 Å². The first-order valence-electron chi connectivity index (χ1n) is 6.82. The summed E-state index contributed by atoms with van der Waals surface area (Å²) in [7, 11) is 0. The Morgan fingerprint density at radius 3 is 3.06 bits per heavy atom. The number of benzene rings is 1. The van der Waals surface area contributed by atoms with Crippen LogP contribution in [0.1, 0.15) is 37.8 Å². The lowest BCUT2D eigenvalue weighted by molar-refractivity contribution is 0.537. The molecule has 0 spiro atoms. The molecule has 0 saturated carbocycles. The lowest BCUT2D eigenvalue weighted by Crippen LogP contribution is -2.19. The van der Waals surface area contributed by atoms with Gasteiger partial charge in [0.2, 0.25) is 0 Å². The van der Waals surface area contributed by atoms with Gasteiger partial charge in [0, 0.05) is 18.8 Å². The van der Waals surface area contributed by atoms with E-state index in [1.54, 1.807) is 0 Å². The molecule has 0 aliphatic carbocycles. The van der Waals surface area contributed by atoms with Crippen molar-refractivity contribution in [3.05, 3.63) is 29.3 Å². The average molecular weight is 232 g/mol. The van der Waals surface area contributed by atoms with Gasteiger partial charge in [-0.3, -0.25) is 0 Å². The average Bonchev–Trinajstić information content (AvgIpc) is 2.34. The molecule has 2 nitrogen and oxygen atoms in total. The summed E-state index contributed by atoms with van der Waals surface area (Å²) in [5.74, 6) is 0.783. The predicted octanol–water partition coefficient (Wildman–Crippen LogP) is 3.18. The lowest BCUT2D eigenvalue weighted by Gasteiger charge is -2.21. The predicted molar refractivity (Wildman–Crippen MR) is 74.4 cm³/mol. The summed E-state index contributed by atoms with van der Waals surface area (Å²) in [4.78, 5) is 0. The molecule has 0 bridgehead atoms. The van der Waals surface area contributed by atoms with E-state index in [1.807, 2.05) is 0 Å². The molecule has 0 amide bonds. The van der Waals surface area contributed by atoms with Crippen LogP contribution in [0.3, 0.4) is 0 Å². The van der Waals surface area contributed by atoms with Crippen molar-refractivity contribution in [1.29, 1.82) is 0 Å². The topological polar surface area (TPSA) is 24.1 Å². The minimum absolute atomic E-state index is 0.783. The van der Waals surface area contributed by atoms with E-state index >= 15 is 0 Å². The van der Waals surface area contributed by atoms with Crippen molar-refractivity contribution in [3.8, 4) is 0 Å². The number of rotatable bonds is 5. The molecule has 0 saturated heterocycles. The van der Waals surface area contributed by atoms with E-state index in [2.05, 4.69) is 42.7 Å². The monoisotopic (exact) mass is 232 g/mol. The molecule has 94 valence electrons. The molecule has 0 aromatic heterocycles. The summed E-state index contributed by atoms with van der Waals surface area (Å²) >= 11 is 0. The van der Waals surface area contributed by atoms with Crippen LogP contribution in [0.15, 0.2) is 18.2 Å². The van der Waals surface area contributed by atoms with Gasteiger partial charge in [0.15, 0.2) is 0 Å². The fourth-order valence-electron chi connectivity index (χ4n) is 2.34. The standard InChI is InChI=1S/C15H24N2/c1-12(2)8-10-16-11-14-6-3-5-13-7-4-9-17-15(13)14/h3,5-6,12,16-17H,4,7-11H2,1-2H3. The molecule has 1 aliphatic heterocycles. The molecule has 2 heteroatoms. The molecule has 1 heterocycles. The first-order valence-corrected chi connectivity index (χ1v) is 6.82. The van der Waals surface area contributed by atoms with E-state index in [0.717, 1.165) is 25.6 Å². The normalized spacial score (nSPS) is 14.5. The molecule has 0 fully saturated rings. The van der Waals surface area contributed by atoms with Crippen LogP contribution in [0.5, 0.6) is 0 Å². The molecule has 0 unspecified atom stereocenters. The van der Waals surface area contributed by atoms with Crippen molar-refractivity contribution in [2.24, 2.45) is 5.92 Å². The summed E-state index contributed by atoms with van der Waals surface area (Å²) in [5, 5.41) is 7.08. The highest BCUT2D eigenvalue weighted by Gasteiger charge is 2.11. The summed E-state index contributed by atoms with van der Waals surface area (Å²) in [5.41, 5.74) is 4.29. The Morgan fingerprint density at radius 1 is 1.35 bits per heavy atom. The van der Waals surface area contributed by atoms with Crippen LogP contribution in [0.2, 0.25) is 0 Å². The van der Waals surface area contributed by atoms with Gasteiger partial charge in [-0.15, -0.1) is 0 Å². The highest BCUT2D eigenvalue weighted by Crippen LogP contribution is 2.25. The molecule has 2 rings (SSSR count). The molecule has 2 N–H and O–H groups in total. The maximum atomic E-state index is 3.54. The number of aryl methyl sites for hydroxylation is 1. The number of hydrogen-bond donors (Lipinski definition) is 2. The van der Waals surface area contributed by atoms with Gasteiger partial charge in [-0.25, -0.2) is 0 Å². The maximum Gasteiger partial charge on any atom is 0.0418 e. The number of hydrogen-bond acceptors (Lipinski definition) is 2. The number of nitrogens with one attached hydrogen (secondary N) is 2. The lowest BCUT2D eigenvalue weighted by atomic mass is 9.99. The molecule has 1 aromatic rings. The Balaban J connectivity index is 1.92. The quantitative estimate of drug-likeness (QED) is 0.762. The Bertz CT molecular complexity index is 358. The minimum atomic E-state index is 0.783. The van der Waals surface area contributed by atoms with Crippen LogP contribution in [0, 0.1) is 5.92 Å². The van der Waals surface area contributed by atoms with Crippen LogP contribution in [0.4, 0.5) is 5.69 Å². The number of para-hydroxylation sites is 1. The third kappa shape index (κ3) is 3.47. The van der Waals surface area contributed by atoms with Crippen molar-refractivity contribution in [3.63, 3.8) is 0 Å². The van der Waals surface area contributed by atoms with Gasteiger partial charge in [0.1, 0.15) is 0 Å². The zero-order chi connectivity index (χ0) is 12.1. The van der Waals surface area contributed by atoms with Crippen molar-refractivity contribution < 1.29 is 0 Å². The minimum Gasteiger partial charge on any atom is -0.385 e. The molecular weight excluding hydrogens is 208 g/mol. The Hall–Kier alpha value is -1.02. The summed E-state index contributed by atoms with van der Waals surface area (Å²) in [6, 6.07) is 6.67. The van der Waals surface area contributed by atoms with Crippen LogP contribution in [0.25, 0.3) is 0 Å². The zero-order valence-corrected chi connectivity index (χ0v) is 11.1.